The fraction of sp³-hybridized carbons (Fsp3) is 0.300. The van der Waals surface area contributed by atoms with Gasteiger partial charge in [0.25, 0.3) is 5.91 Å². The Labute approximate surface area is 167 Å². The lowest BCUT2D eigenvalue weighted by Gasteiger charge is -2.27. The van der Waals surface area contributed by atoms with Crippen molar-refractivity contribution in [1.29, 1.82) is 0 Å². The molecule has 0 atom stereocenters. The van der Waals surface area contributed by atoms with Crippen LogP contribution in [0.2, 0.25) is 0 Å². The zero-order chi connectivity index (χ0) is 19.3. The number of ether oxygens (including phenoxy) is 1. The number of thiazole rings is 1. The van der Waals surface area contributed by atoms with E-state index in [9.17, 15) is 4.79 Å². The number of aromatic nitrogens is 3. The van der Waals surface area contributed by atoms with Crippen molar-refractivity contribution in [2.24, 2.45) is 0 Å². The van der Waals surface area contributed by atoms with Crippen LogP contribution < -0.4 is 10.2 Å². The van der Waals surface area contributed by atoms with Crippen LogP contribution in [0.15, 0.2) is 42.6 Å². The number of carbonyl (C=O) groups is 1. The average molecular weight is 395 g/mol. The van der Waals surface area contributed by atoms with Crippen molar-refractivity contribution >= 4 is 23.1 Å². The Morgan fingerprint density at radius 1 is 1.18 bits per heavy atom. The van der Waals surface area contributed by atoms with E-state index >= 15 is 0 Å². The normalized spacial score (nSPS) is 14.1. The van der Waals surface area contributed by atoms with Gasteiger partial charge in [0.05, 0.1) is 25.5 Å². The molecule has 1 N–H and O–H groups in total. The number of aryl methyl sites for hydroxylation is 1. The first-order chi connectivity index (χ1) is 13.7. The molecule has 1 saturated heterocycles. The molecule has 1 aliphatic rings. The highest BCUT2D eigenvalue weighted by molar-refractivity contribution is 7.17. The molecule has 28 heavy (non-hydrogen) atoms. The molecule has 1 fully saturated rings. The van der Waals surface area contributed by atoms with Gasteiger partial charge >= 0.3 is 0 Å². The lowest BCUT2D eigenvalue weighted by atomic mass is 10.2. The van der Waals surface area contributed by atoms with Gasteiger partial charge in [-0.2, -0.15) is 0 Å². The maximum Gasteiger partial charge on any atom is 0.263 e. The molecule has 8 heteroatoms. The summed E-state index contributed by atoms with van der Waals surface area (Å²) in [6, 6.07) is 11.8. The SMILES string of the molecule is Cc1nc(-c2ccccc2)sc1C(=O)NCc1nccc(N2CCOCC2)n1. The Balaban J connectivity index is 1.43. The molecule has 1 aromatic carbocycles. The smallest absolute Gasteiger partial charge is 0.263 e. The van der Waals surface area contributed by atoms with Gasteiger partial charge < -0.3 is 15.0 Å². The number of nitrogens with zero attached hydrogens (tertiary/aromatic N) is 4. The van der Waals surface area contributed by atoms with Crippen LogP contribution in [0, 0.1) is 6.92 Å². The Morgan fingerprint density at radius 2 is 1.96 bits per heavy atom. The van der Waals surface area contributed by atoms with Gasteiger partial charge in [-0.05, 0) is 13.0 Å². The maximum absolute atomic E-state index is 12.6. The highest BCUT2D eigenvalue weighted by Gasteiger charge is 2.17. The van der Waals surface area contributed by atoms with Crippen LogP contribution >= 0.6 is 11.3 Å². The van der Waals surface area contributed by atoms with E-state index in [-0.39, 0.29) is 12.5 Å². The van der Waals surface area contributed by atoms with Crippen LogP contribution in [0.5, 0.6) is 0 Å². The summed E-state index contributed by atoms with van der Waals surface area (Å²) in [4.78, 5) is 28.8. The Bertz CT molecular complexity index is 954. The molecule has 0 aliphatic carbocycles. The summed E-state index contributed by atoms with van der Waals surface area (Å²) in [5.74, 6) is 1.29. The number of benzene rings is 1. The third-order valence-corrected chi connectivity index (χ3v) is 5.66. The molecular formula is C20H21N5O2S. The second-order valence-electron chi connectivity index (χ2n) is 6.41. The third-order valence-electron chi connectivity index (χ3n) is 4.46. The predicted octanol–water partition coefficient (Wildman–Crippen LogP) is 2.68. The summed E-state index contributed by atoms with van der Waals surface area (Å²) >= 11 is 1.40. The van der Waals surface area contributed by atoms with Gasteiger partial charge in [0.2, 0.25) is 0 Å². The zero-order valence-corrected chi connectivity index (χ0v) is 16.4. The molecule has 0 saturated carbocycles. The van der Waals surface area contributed by atoms with E-state index in [1.54, 1.807) is 6.20 Å². The largest absolute Gasteiger partial charge is 0.378 e. The van der Waals surface area contributed by atoms with Crippen molar-refractivity contribution in [1.82, 2.24) is 20.3 Å². The summed E-state index contributed by atoms with van der Waals surface area (Å²) in [7, 11) is 0. The van der Waals surface area contributed by atoms with Crippen LogP contribution in [0.4, 0.5) is 5.82 Å². The Kier molecular flexibility index (Phi) is 5.59. The van der Waals surface area contributed by atoms with Crippen LogP contribution in [0.25, 0.3) is 10.6 Å². The second kappa shape index (κ2) is 8.45. The molecule has 2 aromatic heterocycles. The average Bonchev–Trinajstić information content (AvgIpc) is 3.15. The van der Waals surface area contributed by atoms with E-state index < -0.39 is 0 Å². The molecule has 7 nitrogen and oxygen atoms in total. The topological polar surface area (TPSA) is 80.2 Å². The standard InChI is InChI=1S/C20H21N5O2S/c1-14-18(28-20(23-14)15-5-3-2-4-6-15)19(26)22-13-16-21-8-7-17(24-16)25-9-11-27-12-10-25/h2-8H,9-13H2,1H3,(H,22,26). The Morgan fingerprint density at radius 3 is 2.75 bits per heavy atom. The van der Waals surface area contributed by atoms with Crippen LogP contribution in [-0.4, -0.2) is 47.2 Å². The van der Waals surface area contributed by atoms with E-state index in [1.807, 2.05) is 43.3 Å². The van der Waals surface area contributed by atoms with E-state index in [1.165, 1.54) is 11.3 Å². The van der Waals surface area contributed by atoms with Gasteiger partial charge in [-0.1, -0.05) is 30.3 Å². The predicted molar refractivity (Wildman–Crippen MR) is 109 cm³/mol. The molecule has 1 aliphatic heterocycles. The maximum atomic E-state index is 12.6. The molecule has 1 amide bonds. The van der Waals surface area contributed by atoms with Crippen LogP contribution in [0.3, 0.4) is 0 Å². The van der Waals surface area contributed by atoms with Crippen molar-refractivity contribution in [2.75, 3.05) is 31.2 Å². The fourth-order valence-electron chi connectivity index (χ4n) is 2.99. The lowest BCUT2D eigenvalue weighted by Crippen LogP contribution is -2.37. The lowest BCUT2D eigenvalue weighted by molar-refractivity contribution is 0.0953. The highest BCUT2D eigenvalue weighted by Crippen LogP contribution is 2.27. The summed E-state index contributed by atoms with van der Waals surface area (Å²) in [6.45, 7) is 5.15. The number of hydrogen-bond donors (Lipinski definition) is 1. The van der Waals surface area contributed by atoms with E-state index in [0.29, 0.717) is 23.9 Å². The first kappa shape index (κ1) is 18.5. The zero-order valence-electron chi connectivity index (χ0n) is 15.6. The van der Waals surface area contributed by atoms with E-state index in [2.05, 4.69) is 25.2 Å². The number of nitrogens with one attached hydrogen (secondary N) is 1. The van der Waals surface area contributed by atoms with Gasteiger partial charge in [-0.25, -0.2) is 15.0 Å². The number of morpholine rings is 1. The summed E-state index contributed by atoms with van der Waals surface area (Å²) < 4.78 is 5.38. The minimum Gasteiger partial charge on any atom is -0.378 e. The van der Waals surface area contributed by atoms with Crippen molar-refractivity contribution < 1.29 is 9.53 Å². The van der Waals surface area contributed by atoms with Gasteiger partial charge in [0, 0.05) is 24.8 Å². The van der Waals surface area contributed by atoms with Gasteiger partial charge in [0.1, 0.15) is 21.5 Å². The molecule has 4 rings (SSSR count). The molecule has 0 unspecified atom stereocenters. The number of amides is 1. The molecule has 3 heterocycles. The summed E-state index contributed by atoms with van der Waals surface area (Å²) in [6.07, 6.45) is 1.73. The quantitative estimate of drug-likeness (QED) is 0.715. The van der Waals surface area contributed by atoms with Crippen molar-refractivity contribution in [2.45, 2.75) is 13.5 Å². The molecule has 0 spiro atoms. The minimum atomic E-state index is -0.155. The Hall–Kier alpha value is -2.84. The highest BCUT2D eigenvalue weighted by atomic mass is 32.1. The summed E-state index contributed by atoms with van der Waals surface area (Å²) in [5, 5.41) is 3.76. The second-order valence-corrected chi connectivity index (χ2v) is 7.41. The molecule has 144 valence electrons. The molecule has 0 radical (unpaired) electrons. The van der Waals surface area contributed by atoms with Gasteiger partial charge in [-0.15, -0.1) is 11.3 Å². The van der Waals surface area contributed by atoms with Gasteiger partial charge in [-0.3, -0.25) is 4.79 Å². The fourth-order valence-corrected chi connectivity index (χ4v) is 3.98. The molecular weight excluding hydrogens is 374 g/mol. The van der Waals surface area contributed by atoms with E-state index in [0.717, 1.165) is 35.2 Å². The first-order valence-corrected chi connectivity index (χ1v) is 9.98. The number of rotatable bonds is 5. The molecule has 0 bridgehead atoms. The number of anilines is 1. The van der Waals surface area contributed by atoms with Crippen LogP contribution in [-0.2, 0) is 11.3 Å². The monoisotopic (exact) mass is 395 g/mol. The minimum absolute atomic E-state index is 0.155. The van der Waals surface area contributed by atoms with Crippen LogP contribution in [0.1, 0.15) is 21.2 Å². The first-order valence-electron chi connectivity index (χ1n) is 9.16. The van der Waals surface area contributed by atoms with Crippen molar-refractivity contribution in [3.05, 3.63) is 59.0 Å². The van der Waals surface area contributed by atoms with Crippen molar-refractivity contribution in [3.8, 4) is 10.6 Å². The number of hydrogen-bond acceptors (Lipinski definition) is 7. The van der Waals surface area contributed by atoms with Crippen molar-refractivity contribution in [3.63, 3.8) is 0 Å². The third kappa shape index (κ3) is 4.18. The number of carbonyl (C=O) groups excluding carboxylic acids is 1. The van der Waals surface area contributed by atoms with E-state index in [4.69, 9.17) is 4.74 Å². The van der Waals surface area contributed by atoms with Gasteiger partial charge in [0.15, 0.2) is 0 Å². The summed E-state index contributed by atoms with van der Waals surface area (Å²) in [5.41, 5.74) is 1.74. The molecule has 3 aromatic rings.